The highest BCUT2D eigenvalue weighted by Crippen LogP contribution is 2.29. The fourth-order valence-electron chi connectivity index (χ4n) is 5.97. The maximum absolute atomic E-state index is 13.2. The normalized spacial score (nSPS) is 13.8. The predicted molar refractivity (Wildman–Crippen MR) is 212 cm³/mol. The Labute approximate surface area is 308 Å². The minimum absolute atomic E-state index is 0.196. The van der Waals surface area contributed by atoms with Crippen molar-refractivity contribution < 1.29 is 13.3 Å². The third-order valence-corrected chi connectivity index (χ3v) is 11.0. The lowest BCUT2D eigenvalue weighted by Gasteiger charge is -2.35. The number of nitrogens with zero attached hydrogens (tertiary/aromatic N) is 4. The molecule has 0 bridgehead atoms. The molecule has 6 rings (SSSR count). The SMILES string of the molecule is N/C(=N/S(=O)(=O)c1ccc(NCCSc2ccccc2)c([N+](=O)[O-])c1)c1ccc(N2CCN(CC=C(c3ccccc3)c3ccccc3)CC2)cc1. The van der Waals surface area contributed by atoms with Gasteiger partial charge in [-0.05, 0) is 65.2 Å². The second-order valence-electron chi connectivity index (χ2n) is 12.2. The zero-order valence-electron chi connectivity index (χ0n) is 28.5. The number of rotatable bonds is 14. The van der Waals surface area contributed by atoms with Crippen LogP contribution in [-0.4, -0.2) is 69.1 Å². The van der Waals surface area contributed by atoms with Crippen molar-refractivity contribution in [3.8, 4) is 0 Å². The molecule has 1 aliphatic rings. The van der Waals surface area contributed by atoms with Gasteiger partial charge >= 0.3 is 0 Å². The third-order valence-electron chi connectivity index (χ3n) is 8.74. The minimum atomic E-state index is -4.32. The van der Waals surface area contributed by atoms with Gasteiger partial charge in [-0.2, -0.15) is 8.42 Å². The zero-order valence-corrected chi connectivity index (χ0v) is 30.2. The van der Waals surface area contributed by atoms with Crippen LogP contribution in [0.15, 0.2) is 154 Å². The van der Waals surface area contributed by atoms with E-state index >= 15 is 0 Å². The van der Waals surface area contributed by atoms with E-state index in [0.717, 1.165) is 49.4 Å². The van der Waals surface area contributed by atoms with Gasteiger partial charge in [0.25, 0.3) is 15.7 Å². The van der Waals surface area contributed by atoms with E-state index in [1.54, 1.807) is 23.9 Å². The molecule has 0 unspecified atom stereocenters. The Morgan fingerprint density at radius 1 is 0.808 bits per heavy atom. The average Bonchev–Trinajstić information content (AvgIpc) is 3.18. The summed E-state index contributed by atoms with van der Waals surface area (Å²) in [6, 6.07) is 41.7. The lowest BCUT2D eigenvalue weighted by Crippen LogP contribution is -2.46. The van der Waals surface area contributed by atoms with Gasteiger partial charge in [-0.1, -0.05) is 84.9 Å². The molecule has 1 heterocycles. The number of nitrogens with two attached hydrogens (primary N) is 1. The molecule has 0 aromatic heterocycles. The first-order chi connectivity index (χ1) is 25.3. The van der Waals surface area contributed by atoms with Gasteiger partial charge < -0.3 is 16.0 Å². The number of thioether (sulfide) groups is 1. The minimum Gasteiger partial charge on any atom is -0.383 e. The van der Waals surface area contributed by atoms with Crippen LogP contribution in [0.5, 0.6) is 0 Å². The van der Waals surface area contributed by atoms with Crippen molar-refractivity contribution in [3.05, 3.63) is 166 Å². The molecule has 0 atom stereocenters. The maximum Gasteiger partial charge on any atom is 0.293 e. The van der Waals surface area contributed by atoms with Crippen LogP contribution in [-0.2, 0) is 10.0 Å². The summed E-state index contributed by atoms with van der Waals surface area (Å²) in [7, 11) is -4.32. The van der Waals surface area contributed by atoms with E-state index in [1.165, 1.54) is 28.8 Å². The molecule has 1 aliphatic heterocycles. The smallest absolute Gasteiger partial charge is 0.293 e. The molecular weight excluding hydrogens is 693 g/mol. The molecule has 12 heteroatoms. The van der Waals surface area contributed by atoms with E-state index in [0.29, 0.717) is 17.9 Å². The monoisotopic (exact) mass is 732 g/mol. The van der Waals surface area contributed by atoms with E-state index in [4.69, 9.17) is 5.73 Å². The van der Waals surface area contributed by atoms with Gasteiger partial charge in [0.2, 0.25) is 0 Å². The lowest BCUT2D eigenvalue weighted by molar-refractivity contribution is -0.384. The van der Waals surface area contributed by atoms with E-state index < -0.39 is 14.9 Å². The molecule has 1 saturated heterocycles. The highest BCUT2D eigenvalue weighted by atomic mass is 32.2. The molecule has 266 valence electrons. The van der Waals surface area contributed by atoms with Crippen LogP contribution in [0.2, 0.25) is 0 Å². The molecule has 5 aromatic carbocycles. The van der Waals surface area contributed by atoms with Crippen LogP contribution in [0, 0.1) is 10.1 Å². The number of hydrogen-bond donors (Lipinski definition) is 2. The zero-order chi connectivity index (χ0) is 36.3. The summed E-state index contributed by atoms with van der Waals surface area (Å²) in [6.45, 7) is 4.75. The molecule has 1 fully saturated rings. The van der Waals surface area contributed by atoms with Crippen LogP contribution in [0.3, 0.4) is 0 Å². The van der Waals surface area contributed by atoms with Gasteiger partial charge in [0.15, 0.2) is 0 Å². The molecule has 5 aromatic rings. The van der Waals surface area contributed by atoms with Crippen LogP contribution < -0.4 is 16.0 Å². The average molecular weight is 733 g/mol. The number of nitro groups is 1. The molecule has 0 radical (unpaired) electrons. The third kappa shape index (κ3) is 9.46. The summed E-state index contributed by atoms with van der Waals surface area (Å²) < 4.78 is 30.2. The van der Waals surface area contributed by atoms with Gasteiger partial charge in [0.05, 0.1) is 9.82 Å². The molecule has 0 aliphatic carbocycles. The van der Waals surface area contributed by atoms with E-state index in [9.17, 15) is 18.5 Å². The topological polar surface area (TPSA) is 134 Å². The second kappa shape index (κ2) is 17.2. The second-order valence-corrected chi connectivity index (χ2v) is 14.9. The largest absolute Gasteiger partial charge is 0.383 e. The van der Waals surface area contributed by atoms with Crippen molar-refractivity contribution in [1.82, 2.24) is 4.90 Å². The summed E-state index contributed by atoms with van der Waals surface area (Å²) in [4.78, 5) is 16.7. The Morgan fingerprint density at radius 3 is 2.00 bits per heavy atom. The highest BCUT2D eigenvalue weighted by Gasteiger charge is 2.22. The Balaban J connectivity index is 1.06. The van der Waals surface area contributed by atoms with E-state index in [1.807, 2.05) is 54.6 Å². The number of benzene rings is 5. The van der Waals surface area contributed by atoms with Crippen molar-refractivity contribution in [3.63, 3.8) is 0 Å². The maximum atomic E-state index is 13.2. The summed E-state index contributed by atoms with van der Waals surface area (Å²) >= 11 is 1.61. The van der Waals surface area contributed by atoms with Gasteiger partial charge in [-0.15, -0.1) is 16.2 Å². The molecule has 52 heavy (non-hydrogen) atoms. The molecule has 0 spiro atoms. The molecule has 10 nitrogen and oxygen atoms in total. The van der Waals surface area contributed by atoms with Crippen LogP contribution in [0.1, 0.15) is 16.7 Å². The lowest BCUT2D eigenvalue weighted by atomic mass is 9.97. The summed E-state index contributed by atoms with van der Waals surface area (Å²) in [5, 5.41) is 14.9. The van der Waals surface area contributed by atoms with Gasteiger partial charge in [0.1, 0.15) is 11.5 Å². The Kier molecular flexibility index (Phi) is 12.0. The van der Waals surface area contributed by atoms with Gasteiger partial charge in [0, 0.05) is 67.2 Å². The van der Waals surface area contributed by atoms with Crippen molar-refractivity contribution in [2.75, 3.05) is 55.2 Å². The van der Waals surface area contributed by atoms with Crippen LogP contribution in [0.4, 0.5) is 17.1 Å². The standard InChI is InChI=1S/C40H40N6O4S2/c41-40(43-52(49,50)36-20-21-38(39(30-36)46(47)48)42-23-29-51-35-14-8-3-9-15-35)33-16-18-34(19-17-33)45-27-25-44(26-28-45)24-22-37(31-10-4-1-5-11-31)32-12-6-2-7-13-32/h1-22,30,42H,23-29H2,(H2,41,43). The fraction of sp³-hybridized carbons (Fsp3) is 0.175. The number of hydrogen-bond acceptors (Lipinski definition) is 8. The van der Waals surface area contributed by atoms with E-state index in [2.05, 4.69) is 74.1 Å². The Bertz CT molecular complexity index is 2080. The number of nitro benzene ring substituents is 1. The number of nitrogens with one attached hydrogen (secondary N) is 1. The molecular formula is C40H40N6O4S2. The first-order valence-electron chi connectivity index (χ1n) is 17.0. The summed E-state index contributed by atoms with van der Waals surface area (Å²) in [5.41, 5.74) is 11.1. The first kappa shape index (κ1) is 36.4. The number of anilines is 2. The highest BCUT2D eigenvalue weighted by molar-refractivity contribution is 7.99. The van der Waals surface area contributed by atoms with Crippen LogP contribution >= 0.6 is 11.8 Å². The number of amidine groups is 1. The van der Waals surface area contributed by atoms with Crippen molar-refractivity contribution in [2.24, 2.45) is 10.1 Å². The quantitative estimate of drug-likeness (QED) is 0.0305. The van der Waals surface area contributed by atoms with Crippen molar-refractivity contribution in [2.45, 2.75) is 9.79 Å². The Hall–Kier alpha value is -5.43. The molecule has 3 N–H and O–H groups in total. The van der Waals surface area contributed by atoms with Crippen molar-refractivity contribution in [1.29, 1.82) is 0 Å². The Morgan fingerprint density at radius 2 is 1.40 bits per heavy atom. The first-order valence-corrected chi connectivity index (χ1v) is 19.4. The van der Waals surface area contributed by atoms with Crippen LogP contribution in [0.25, 0.3) is 5.57 Å². The number of piperazine rings is 1. The summed E-state index contributed by atoms with van der Waals surface area (Å²) in [5.74, 6) is 0.471. The fourth-order valence-corrected chi connectivity index (χ4v) is 7.73. The molecule has 0 saturated carbocycles. The molecule has 0 amide bonds. The van der Waals surface area contributed by atoms with Gasteiger partial charge in [-0.3, -0.25) is 15.0 Å². The summed E-state index contributed by atoms with van der Waals surface area (Å²) in [6.07, 6.45) is 2.31. The predicted octanol–water partition coefficient (Wildman–Crippen LogP) is 7.15. The van der Waals surface area contributed by atoms with Gasteiger partial charge in [-0.25, -0.2) is 0 Å². The van der Waals surface area contributed by atoms with E-state index in [-0.39, 0.29) is 22.1 Å². The van der Waals surface area contributed by atoms with Crippen molar-refractivity contribution >= 4 is 50.3 Å². The number of sulfonamides is 1.